The van der Waals surface area contributed by atoms with Gasteiger partial charge in [-0.15, -0.1) is 0 Å². The minimum absolute atomic E-state index is 0.226. The van der Waals surface area contributed by atoms with Gasteiger partial charge in [-0.3, -0.25) is 0 Å². The van der Waals surface area contributed by atoms with E-state index in [0.717, 1.165) is 35.2 Å². The van der Waals surface area contributed by atoms with Crippen molar-refractivity contribution in [1.82, 2.24) is 9.97 Å². The molecule has 24 heavy (non-hydrogen) atoms. The number of nitrogen functional groups attached to an aromatic ring is 1. The lowest BCUT2D eigenvalue weighted by atomic mass is 10.00. The number of hydrogen-bond donors (Lipinski definition) is 1. The zero-order valence-corrected chi connectivity index (χ0v) is 13.2. The van der Waals surface area contributed by atoms with E-state index < -0.39 is 0 Å². The Bertz CT molecular complexity index is 930. The monoisotopic (exact) mass is 320 g/mol. The first-order valence-electron chi connectivity index (χ1n) is 7.66. The van der Waals surface area contributed by atoms with Crippen LogP contribution in [-0.2, 0) is 11.3 Å². The van der Waals surface area contributed by atoms with E-state index in [4.69, 9.17) is 15.0 Å². The van der Waals surface area contributed by atoms with Crippen LogP contribution in [0, 0.1) is 0 Å². The fourth-order valence-corrected chi connectivity index (χ4v) is 3.08. The molecule has 4 rings (SSSR count). The average Bonchev–Trinajstić information content (AvgIpc) is 3.22. The van der Waals surface area contributed by atoms with Gasteiger partial charge in [-0.25, -0.2) is 9.97 Å². The lowest BCUT2D eigenvalue weighted by Gasteiger charge is -2.06. The number of rotatable bonds is 3. The van der Waals surface area contributed by atoms with E-state index in [9.17, 15) is 0 Å². The summed E-state index contributed by atoms with van der Waals surface area (Å²) < 4.78 is 5.65. The summed E-state index contributed by atoms with van der Waals surface area (Å²) in [4.78, 5) is 13.1. The SMILES string of the molecule is CON=C1CCc2cc(-c3ccoc3-c3ccnc(N)n3)ccc21. The number of aryl methyl sites for hydroxylation is 1. The number of fused-ring (bicyclic) bond motifs is 1. The summed E-state index contributed by atoms with van der Waals surface area (Å²) in [5.74, 6) is 0.914. The molecule has 0 atom stereocenters. The molecule has 1 aromatic carbocycles. The van der Waals surface area contributed by atoms with Crippen molar-refractivity contribution in [2.75, 3.05) is 12.8 Å². The molecule has 2 aromatic heterocycles. The van der Waals surface area contributed by atoms with Crippen molar-refractivity contribution in [1.29, 1.82) is 0 Å². The van der Waals surface area contributed by atoms with Crippen molar-refractivity contribution < 1.29 is 9.25 Å². The topological polar surface area (TPSA) is 86.5 Å². The van der Waals surface area contributed by atoms with Gasteiger partial charge in [0.1, 0.15) is 12.8 Å². The van der Waals surface area contributed by atoms with Crippen LogP contribution in [0.2, 0.25) is 0 Å². The number of benzene rings is 1. The predicted octanol–water partition coefficient (Wildman–Crippen LogP) is 3.28. The largest absolute Gasteiger partial charge is 0.462 e. The third-order valence-corrected chi connectivity index (χ3v) is 4.13. The van der Waals surface area contributed by atoms with E-state index in [-0.39, 0.29) is 5.95 Å². The van der Waals surface area contributed by atoms with Crippen LogP contribution in [0.3, 0.4) is 0 Å². The summed E-state index contributed by atoms with van der Waals surface area (Å²) in [6, 6.07) is 10.0. The van der Waals surface area contributed by atoms with E-state index in [1.165, 1.54) is 5.56 Å². The molecular weight excluding hydrogens is 304 g/mol. The van der Waals surface area contributed by atoms with E-state index in [0.29, 0.717) is 11.5 Å². The van der Waals surface area contributed by atoms with E-state index >= 15 is 0 Å². The summed E-state index contributed by atoms with van der Waals surface area (Å²) in [6.07, 6.45) is 5.14. The molecule has 0 saturated heterocycles. The van der Waals surface area contributed by atoms with Gasteiger partial charge in [0.05, 0.1) is 12.0 Å². The smallest absolute Gasteiger partial charge is 0.220 e. The maximum Gasteiger partial charge on any atom is 0.220 e. The molecule has 0 spiro atoms. The highest BCUT2D eigenvalue weighted by Crippen LogP contribution is 2.35. The molecule has 2 N–H and O–H groups in total. The normalized spacial score (nSPS) is 14.8. The second-order valence-electron chi connectivity index (χ2n) is 5.56. The molecule has 3 aromatic rings. The minimum atomic E-state index is 0.226. The number of oxime groups is 1. The second-order valence-corrected chi connectivity index (χ2v) is 5.56. The van der Waals surface area contributed by atoms with Gasteiger partial charge in [-0.1, -0.05) is 23.4 Å². The van der Waals surface area contributed by atoms with Gasteiger partial charge in [0.25, 0.3) is 0 Å². The average molecular weight is 320 g/mol. The lowest BCUT2D eigenvalue weighted by Crippen LogP contribution is -1.96. The van der Waals surface area contributed by atoms with Crippen molar-refractivity contribution >= 4 is 11.7 Å². The maximum atomic E-state index is 5.68. The molecular formula is C18H16N4O2. The Hall–Kier alpha value is -3.15. The second kappa shape index (κ2) is 5.81. The number of anilines is 1. The fraction of sp³-hybridized carbons (Fsp3) is 0.167. The highest BCUT2D eigenvalue weighted by Gasteiger charge is 2.20. The molecule has 0 unspecified atom stereocenters. The van der Waals surface area contributed by atoms with E-state index in [2.05, 4.69) is 33.3 Å². The molecule has 0 saturated carbocycles. The molecule has 1 aliphatic rings. The number of furan rings is 1. The van der Waals surface area contributed by atoms with Crippen molar-refractivity contribution in [3.63, 3.8) is 0 Å². The summed E-state index contributed by atoms with van der Waals surface area (Å²) in [7, 11) is 1.57. The van der Waals surface area contributed by atoms with Crippen molar-refractivity contribution in [3.8, 4) is 22.6 Å². The first kappa shape index (κ1) is 14.4. The van der Waals surface area contributed by atoms with Gasteiger partial charge in [0.15, 0.2) is 5.76 Å². The van der Waals surface area contributed by atoms with Gasteiger partial charge in [0, 0.05) is 17.3 Å². The molecule has 0 bridgehead atoms. The number of nitrogens with zero attached hydrogens (tertiary/aromatic N) is 3. The van der Waals surface area contributed by atoms with Gasteiger partial charge in [0.2, 0.25) is 5.95 Å². The third-order valence-electron chi connectivity index (χ3n) is 4.13. The number of aromatic nitrogens is 2. The standard InChI is InChI=1S/C18H16N4O2/c1-23-22-15-5-3-11-10-12(2-4-13(11)15)14-7-9-24-17(14)16-6-8-20-18(19)21-16/h2,4,6-10H,3,5H2,1H3,(H2,19,20,21). The Morgan fingerprint density at radius 2 is 2.08 bits per heavy atom. The summed E-state index contributed by atoms with van der Waals surface area (Å²) in [6.45, 7) is 0. The Labute approximate surface area is 139 Å². The Morgan fingerprint density at radius 3 is 2.92 bits per heavy atom. The Morgan fingerprint density at radius 1 is 1.17 bits per heavy atom. The van der Waals surface area contributed by atoms with E-state index in [1.54, 1.807) is 25.6 Å². The van der Waals surface area contributed by atoms with E-state index in [1.807, 2.05) is 6.07 Å². The molecule has 0 amide bonds. The Balaban J connectivity index is 1.77. The zero-order valence-electron chi connectivity index (χ0n) is 13.2. The molecule has 6 heteroatoms. The molecule has 0 radical (unpaired) electrons. The molecule has 0 aliphatic heterocycles. The molecule has 2 heterocycles. The number of nitrogens with two attached hydrogens (primary N) is 1. The zero-order chi connectivity index (χ0) is 16.5. The molecule has 6 nitrogen and oxygen atoms in total. The Kier molecular flexibility index (Phi) is 3.49. The van der Waals surface area contributed by atoms with Crippen LogP contribution in [0.1, 0.15) is 17.5 Å². The highest BCUT2D eigenvalue weighted by atomic mass is 16.6. The summed E-state index contributed by atoms with van der Waals surface area (Å²) in [5.41, 5.74) is 11.8. The summed E-state index contributed by atoms with van der Waals surface area (Å²) in [5, 5.41) is 4.10. The highest BCUT2D eigenvalue weighted by molar-refractivity contribution is 6.04. The van der Waals surface area contributed by atoms with Crippen molar-refractivity contribution in [2.45, 2.75) is 12.8 Å². The van der Waals surface area contributed by atoms with Gasteiger partial charge >= 0.3 is 0 Å². The number of hydrogen-bond acceptors (Lipinski definition) is 6. The third kappa shape index (κ3) is 2.42. The predicted molar refractivity (Wildman–Crippen MR) is 91.4 cm³/mol. The van der Waals surface area contributed by atoms with Crippen LogP contribution in [0.25, 0.3) is 22.6 Å². The van der Waals surface area contributed by atoms with Gasteiger partial charge < -0.3 is 15.0 Å². The van der Waals surface area contributed by atoms with Crippen LogP contribution < -0.4 is 5.73 Å². The van der Waals surface area contributed by atoms with Crippen LogP contribution in [0.4, 0.5) is 5.95 Å². The van der Waals surface area contributed by atoms with Crippen LogP contribution >= 0.6 is 0 Å². The molecule has 0 fully saturated rings. The quantitative estimate of drug-likeness (QED) is 0.748. The van der Waals surface area contributed by atoms with Crippen molar-refractivity contribution in [2.24, 2.45) is 5.16 Å². The first-order chi connectivity index (χ1) is 11.8. The van der Waals surface area contributed by atoms with Crippen molar-refractivity contribution in [3.05, 3.63) is 53.9 Å². The van der Waals surface area contributed by atoms with Crippen LogP contribution in [-0.4, -0.2) is 22.8 Å². The molecule has 120 valence electrons. The van der Waals surface area contributed by atoms with Gasteiger partial charge in [-0.2, -0.15) is 0 Å². The van der Waals surface area contributed by atoms with Crippen LogP contribution in [0.5, 0.6) is 0 Å². The first-order valence-corrected chi connectivity index (χ1v) is 7.66. The van der Waals surface area contributed by atoms with Crippen LogP contribution in [0.15, 0.2) is 52.4 Å². The van der Waals surface area contributed by atoms with Gasteiger partial charge in [-0.05, 0) is 36.1 Å². The maximum absolute atomic E-state index is 5.68. The summed E-state index contributed by atoms with van der Waals surface area (Å²) >= 11 is 0. The lowest BCUT2D eigenvalue weighted by molar-refractivity contribution is 0.213. The molecule has 1 aliphatic carbocycles. The fourth-order valence-electron chi connectivity index (χ4n) is 3.08. The minimum Gasteiger partial charge on any atom is -0.462 e.